The number of hydrogen-bond donors (Lipinski definition) is 1. The maximum atomic E-state index is 12.0. The summed E-state index contributed by atoms with van der Waals surface area (Å²) in [6.45, 7) is 1.67. The van der Waals surface area contributed by atoms with E-state index in [1.807, 2.05) is 0 Å². The number of methoxy groups -OCH3 is 1. The van der Waals surface area contributed by atoms with Crippen molar-refractivity contribution in [1.82, 2.24) is 4.31 Å². The first-order chi connectivity index (χ1) is 8.28. The van der Waals surface area contributed by atoms with Crippen LogP contribution < -0.4 is 0 Å². The summed E-state index contributed by atoms with van der Waals surface area (Å²) in [5.74, 6) is -1.95. The van der Waals surface area contributed by atoms with E-state index in [-0.39, 0.29) is 25.4 Å². The Morgan fingerprint density at radius 1 is 1.50 bits per heavy atom. The molecule has 1 aliphatic rings. The van der Waals surface area contributed by atoms with Crippen molar-refractivity contribution >= 4 is 22.0 Å². The number of carboxylic acids is 1. The number of ether oxygens (including phenoxy) is 1. The van der Waals surface area contributed by atoms with Crippen LogP contribution in [0.1, 0.15) is 19.8 Å². The first kappa shape index (κ1) is 14.9. The van der Waals surface area contributed by atoms with Crippen LogP contribution in [0.2, 0.25) is 0 Å². The molecule has 0 aromatic carbocycles. The molecule has 1 N–H and O–H groups in total. The van der Waals surface area contributed by atoms with Gasteiger partial charge in [-0.05, 0) is 19.3 Å². The molecule has 2 unspecified atom stereocenters. The van der Waals surface area contributed by atoms with Crippen molar-refractivity contribution in [2.75, 3.05) is 20.2 Å². The molecule has 0 radical (unpaired) electrons. The molecular formula is C10H17NO6S. The Labute approximate surface area is 106 Å². The van der Waals surface area contributed by atoms with Gasteiger partial charge in [-0.15, -0.1) is 0 Å². The first-order valence-corrected chi connectivity index (χ1v) is 7.08. The molecule has 1 fully saturated rings. The monoisotopic (exact) mass is 279 g/mol. The maximum Gasteiger partial charge on any atom is 0.325 e. The molecule has 2 atom stereocenters. The summed E-state index contributed by atoms with van der Waals surface area (Å²) in [5, 5.41) is 7.40. The van der Waals surface area contributed by atoms with Gasteiger partial charge in [-0.25, -0.2) is 12.7 Å². The number of carbonyl (C=O) groups excluding carboxylic acids is 1. The third-order valence-electron chi connectivity index (χ3n) is 3.05. The van der Waals surface area contributed by atoms with Crippen LogP contribution in [-0.2, 0) is 24.3 Å². The smallest absolute Gasteiger partial charge is 0.325 e. The molecule has 0 aromatic rings. The van der Waals surface area contributed by atoms with Gasteiger partial charge in [-0.2, -0.15) is 0 Å². The van der Waals surface area contributed by atoms with Crippen molar-refractivity contribution in [3.05, 3.63) is 0 Å². The molecule has 0 amide bonds. The summed E-state index contributed by atoms with van der Waals surface area (Å²) in [6.07, 6.45) is 0.443. The molecule has 0 aliphatic carbocycles. The van der Waals surface area contributed by atoms with Gasteiger partial charge in [0.05, 0.1) is 7.11 Å². The highest BCUT2D eigenvalue weighted by Crippen LogP contribution is 2.24. The van der Waals surface area contributed by atoms with Gasteiger partial charge in [0, 0.05) is 19.5 Å². The Morgan fingerprint density at radius 3 is 2.61 bits per heavy atom. The van der Waals surface area contributed by atoms with Gasteiger partial charge in [-0.3, -0.25) is 9.59 Å². The average molecular weight is 279 g/mol. The normalized spacial score (nSPS) is 22.7. The van der Waals surface area contributed by atoms with Gasteiger partial charge in [0.15, 0.2) is 5.25 Å². The Kier molecular flexibility index (Phi) is 4.69. The number of nitrogens with zero attached hydrogens (tertiary/aromatic N) is 1. The van der Waals surface area contributed by atoms with E-state index in [4.69, 9.17) is 5.11 Å². The van der Waals surface area contributed by atoms with Crippen LogP contribution in [0.5, 0.6) is 0 Å². The minimum Gasteiger partial charge on any atom is -0.481 e. The lowest BCUT2D eigenvalue weighted by Crippen LogP contribution is -2.40. The molecular weight excluding hydrogens is 262 g/mol. The minimum atomic E-state index is -3.75. The van der Waals surface area contributed by atoms with Crippen molar-refractivity contribution in [3.63, 3.8) is 0 Å². The van der Waals surface area contributed by atoms with Crippen LogP contribution >= 0.6 is 0 Å². The molecule has 0 spiro atoms. The van der Waals surface area contributed by atoms with Gasteiger partial charge in [-0.1, -0.05) is 0 Å². The fourth-order valence-electron chi connectivity index (χ4n) is 1.95. The minimum absolute atomic E-state index is 0.0569. The number of carboxylic acid groups (broad SMARTS) is 1. The zero-order valence-corrected chi connectivity index (χ0v) is 11.1. The number of esters is 1. The fourth-order valence-corrected chi connectivity index (χ4v) is 3.52. The highest BCUT2D eigenvalue weighted by molar-refractivity contribution is 7.90. The molecule has 1 rings (SSSR count). The average Bonchev–Trinajstić information content (AvgIpc) is 2.75. The molecule has 0 saturated carbocycles. The van der Waals surface area contributed by atoms with Crippen LogP contribution in [0.25, 0.3) is 0 Å². The van der Waals surface area contributed by atoms with E-state index in [0.717, 1.165) is 7.11 Å². The second-order valence-corrected chi connectivity index (χ2v) is 6.57. The van der Waals surface area contributed by atoms with Gasteiger partial charge in [0.2, 0.25) is 10.0 Å². The molecule has 7 nitrogen and oxygen atoms in total. The van der Waals surface area contributed by atoms with E-state index in [2.05, 4.69) is 4.74 Å². The van der Waals surface area contributed by atoms with Gasteiger partial charge >= 0.3 is 11.9 Å². The summed E-state index contributed by atoms with van der Waals surface area (Å²) in [4.78, 5) is 21.8. The molecule has 1 saturated heterocycles. The highest BCUT2D eigenvalue weighted by Gasteiger charge is 2.39. The number of carbonyl (C=O) groups is 2. The SMILES string of the molecule is COC(=O)C(C)S(=O)(=O)N1CCC(CC(=O)O)C1. The van der Waals surface area contributed by atoms with Gasteiger partial charge in [0.1, 0.15) is 0 Å². The quantitative estimate of drug-likeness (QED) is 0.692. The second kappa shape index (κ2) is 5.66. The third-order valence-corrected chi connectivity index (χ3v) is 5.19. The molecule has 18 heavy (non-hydrogen) atoms. The van der Waals surface area contributed by atoms with Crippen molar-refractivity contribution in [2.45, 2.75) is 25.0 Å². The summed E-state index contributed by atoms with van der Waals surface area (Å²) in [5.41, 5.74) is 0. The van der Waals surface area contributed by atoms with Crippen molar-refractivity contribution < 1.29 is 27.9 Å². The summed E-state index contributed by atoms with van der Waals surface area (Å²) in [6, 6.07) is 0. The van der Waals surface area contributed by atoms with E-state index in [1.165, 1.54) is 11.2 Å². The van der Waals surface area contributed by atoms with Crippen LogP contribution in [-0.4, -0.2) is 55.2 Å². The highest BCUT2D eigenvalue weighted by atomic mass is 32.2. The molecule has 104 valence electrons. The van der Waals surface area contributed by atoms with Crippen LogP contribution in [0.15, 0.2) is 0 Å². The van der Waals surface area contributed by atoms with Crippen molar-refractivity contribution in [2.24, 2.45) is 5.92 Å². The molecule has 8 heteroatoms. The predicted octanol–water partition coefficient (Wildman–Crippen LogP) is -0.326. The molecule has 0 aromatic heterocycles. The topological polar surface area (TPSA) is 101 Å². The lowest BCUT2D eigenvalue weighted by Gasteiger charge is -2.19. The number of rotatable bonds is 5. The Hall–Kier alpha value is -1.15. The Morgan fingerprint density at radius 2 is 2.11 bits per heavy atom. The van der Waals surface area contributed by atoms with Gasteiger partial charge in [0.25, 0.3) is 0 Å². The zero-order chi connectivity index (χ0) is 13.9. The molecule has 1 heterocycles. The van der Waals surface area contributed by atoms with Crippen LogP contribution in [0.4, 0.5) is 0 Å². The zero-order valence-electron chi connectivity index (χ0n) is 10.3. The summed E-state index contributed by atoms with van der Waals surface area (Å²) in [7, 11) is -2.62. The van der Waals surface area contributed by atoms with Gasteiger partial charge < -0.3 is 9.84 Å². The second-order valence-electron chi connectivity index (χ2n) is 4.32. The molecule has 0 bridgehead atoms. The number of sulfonamides is 1. The summed E-state index contributed by atoms with van der Waals surface area (Å²) < 4.78 is 29.7. The first-order valence-electron chi connectivity index (χ1n) is 5.57. The maximum absolute atomic E-state index is 12.0. The Bertz CT molecular complexity index is 432. The summed E-state index contributed by atoms with van der Waals surface area (Å²) >= 11 is 0. The Balaban J connectivity index is 2.71. The van der Waals surface area contributed by atoms with Crippen LogP contribution in [0.3, 0.4) is 0 Å². The number of hydrogen-bond acceptors (Lipinski definition) is 5. The van der Waals surface area contributed by atoms with E-state index in [0.29, 0.717) is 6.42 Å². The standard InChI is InChI=1S/C10H17NO6S/c1-7(10(14)17-2)18(15,16)11-4-3-8(6-11)5-9(12)13/h7-8H,3-6H2,1-2H3,(H,12,13). The van der Waals surface area contributed by atoms with Crippen molar-refractivity contribution in [1.29, 1.82) is 0 Å². The lowest BCUT2D eigenvalue weighted by atomic mass is 10.1. The van der Waals surface area contributed by atoms with Crippen molar-refractivity contribution in [3.8, 4) is 0 Å². The lowest BCUT2D eigenvalue weighted by molar-refractivity contribution is -0.140. The van der Waals surface area contributed by atoms with E-state index < -0.39 is 27.2 Å². The van der Waals surface area contributed by atoms with E-state index in [1.54, 1.807) is 0 Å². The fraction of sp³-hybridized carbons (Fsp3) is 0.800. The third kappa shape index (κ3) is 3.20. The largest absolute Gasteiger partial charge is 0.481 e. The molecule has 1 aliphatic heterocycles. The van der Waals surface area contributed by atoms with E-state index >= 15 is 0 Å². The number of aliphatic carboxylic acids is 1. The predicted molar refractivity (Wildman–Crippen MR) is 62.3 cm³/mol. The van der Waals surface area contributed by atoms with E-state index in [9.17, 15) is 18.0 Å². The van der Waals surface area contributed by atoms with Crippen LogP contribution in [0, 0.1) is 5.92 Å².